The Morgan fingerprint density at radius 3 is 2.50 bits per heavy atom. The topological polar surface area (TPSA) is 54.9 Å². The van der Waals surface area contributed by atoms with Crippen molar-refractivity contribution in [2.24, 2.45) is 10.4 Å². The van der Waals surface area contributed by atoms with Gasteiger partial charge in [-0.1, -0.05) is 0 Å². The summed E-state index contributed by atoms with van der Waals surface area (Å²) in [6, 6.07) is 0. The highest BCUT2D eigenvalue weighted by Gasteiger charge is 2.42. The number of nitrogens with one attached hydrogen (secondary N) is 2. The standard InChI is InChI=1S/C16H31N3O2.HI/c1-4-20-11-9-16(7-8-16)13-19-14(17-3)18-12-15(2)6-5-10-21-15;/h4-13H2,1-3H3,(H2,17,18,19);1H. The fraction of sp³-hybridized carbons (Fsp3) is 0.938. The number of nitrogens with zero attached hydrogens (tertiary/aromatic N) is 1. The lowest BCUT2D eigenvalue weighted by atomic mass is 10.0. The third-order valence-electron chi connectivity index (χ3n) is 4.72. The molecule has 1 saturated carbocycles. The molecule has 1 aliphatic heterocycles. The Labute approximate surface area is 152 Å². The van der Waals surface area contributed by atoms with Crippen LogP contribution in [0.5, 0.6) is 0 Å². The number of ether oxygens (including phenoxy) is 2. The van der Waals surface area contributed by atoms with Crippen LogP contribution in [0.15, 0.2) is 4.99 Å². The summed E-state index contributed by atoms with van der Waals surface area (Å²) in [6.45, 7) is 8.59. The average molecular weight is 425 g/mol. The van der Waals surface area contributed by atoms with E-state index in [-0.39, 0.29) is 29.6 Å². The van der Waals surface area contributed by atoms with Crippen molar-refractivity contribution in [2.45, 2.75) is 51.6 Å². The molecular formula is C16H32IN3O2. The minimum Gasteiger partial charge on any atom is -0.382 e. The van der Waals surface area contributed by atoms with Crippen LogP contribution in [0.2, 0.25) is 0 Å². The van der Waals surface area contributed by atoms with Crippen LogP contribution >= 0.6 is 24.0 Å². The first-order valence-corrected chi connectivity index (χ1v) is 8.28. The van der Waals surface area contributed by atoms with Crippen LogP contribution in [-0.2, 0) is 9.47 Å². The van der Waals surface area contributed by atoms with Crippen molar-refractivity contribution in [3.05, 3.63) is 0 Å². The zero-order valence-corrected chi connectivity index (χ0v) is 16.6. The zero-order chi connectivity index (χ0) is 15.2. The van der Waals surface area contributed by atoms with E-state index in [1.54, 1.807) is 0 Å². The number of guanidine groups is 1. The summed E-state index contributed by atoms with van der Waals surface area (Å²) in [5.41, 5.74) is 0.393. The van der Waals surface area contributed by atoms with Crippen molar-refractivity contribution in [1.29, 1.82) is 0 Å². The third-order valence-corrected chi connectivity index (χ3v) is 4.72. The summed E-state index contributed by atoms with van der Waals surface area (Å²) in [5, 5.41) is 6.87. The molecule has 0 amide bonds. The summed E-state index contributed by atoms with van der Waals surface area (Å²) in [5.74, 6) is 0.884. The van der Waals surface area contributed by atoms with Crippen LogP contribution in [0.1, 0.15) is 46.0 Å². The number of aliphatic imine (C=N–C) groups is 1. The predicted octanol–water partition coefficient (Wildman–Crippen LogP) is 2.55. The molecule has 0 spiro atoms. The van der Waals surface area contributed by atoms with Crippen LogP contribution < -0.4 is 10.6 Å². The lowest BCUT2D eigenvalue weighted by molar-refractivity contribution is 0.0242. The van der Waals surface area contributed by atoms with Gasteiger partial charge >= 0.3 is 0 Å². The van der Waals surface area contributed by atoms with Gasteiger partial charge in [-0.25, -0.2) is 0 Å². The maximum atomic E-state index is 5.80. The number of rotatable bonds is 8. The SMILES string of the molecule is CCOCCC1(CNC(=NC)NCC2(C)CCCO2)CC1.I. The van der Waals surface area contributed by atoms with Gasteiger partial charge in [-0.3, -0.25) is 4.99 Å². The first kappa shape index (κ1) is 20.0. The van der Waals surface area contributed by atoms with Crippen LogP contribution in [-0.4, -0.2) is 51.5 Å². The fourth-order valence-corrected chi connectivity index (χ4v) is 2.86. The Morgan fingerprint density at radius 1 is 1.23 bits per heavy atom. The molecule has 5 nitrogen and oxygen atoms in total. The van der Waals surface area contributed by atoms with Crippen LogP contribution in [0.3, 0.4) is 0 Å². The highest BCUT2D eigenvalue weighted by Crippen LogP contribution is 2.48. The van der Waals surface area contributed by atoms with E-state index in [1.807, 2.05) is 7.05 Å². The van der Waals surface area contributed by atoms with E-state index in [2.05, 4.69) is 29.5 Å². The maximum Gasteiger partial charge on any atom is 0.191 e. The summed E-state index contributed by atoms with van der Waals surface area (Å²) in [6.07, 6.45) is 6.02. The quantitative estimate of drug-likeness (QED) is 0.272. The van der Waals surface area contributed by atoms with Crippen LogP contribution in [0.4, 0.5) is 0 Å². The minimum absolute atomic E-state index is 0. The molecule has 2 fully saturated rings. The summed E-state index contributed by atoms with van der Waals surface area (Å²) < 4.78 is 11.3. The molecule has 2 rings (SSSR count). The smallest absolute Gasteiger partial charge is 0.191 e. The van der Waals surface area contributed by atoms with E-state index in [0.717, 1.165) is 58.1 Å². The van der Waals surface area contributed by atoms with Gasteiger partial charge in [-0.05, 0) is 51.4 Å². The Morgan fingerprint density at radius 2 is 1.95 bits per heavy atom. The van der Waals surface area contributed by atoms with E-state index < -0.39 is 0 Å². The molecule has 22 heavy (non-hydrogen) atoms. The van der Waals surface area contributed by atoms with Gasteiger partial charge in [0.2, 0.25) is 0 Å². The summed E-state index contributed by atoms with van der Waals surface area (Å²) >= 11 is 0. The Kier molecular flexibility index (Phi) is 8.42. The largest absolute Gasteiger partial charge is 0.382 e. The van der Waals surface area contributed by atoms with Crippen LogP contribution in [0, 0.1) is 5.41 Å². The van der Waals surface area contributed by atoms with Crippen molar-refractivity contribution in [1.82, 2.24) is 10.6 Å². The van der Waals surface area contributed by atoms with Gasteiger partial charge in [-0.15, -0.1) is 24.0 Å². The second-order valence-corrected chi connectivity index (χ2v) is 6.63. The van der Waals surface area contributed by atoms with E-state index in [9.17, 15) is 0 Å². The molecule has 6 heteroatoms. The van der Waals surface area contributed by atoms with E-state index >= 15 is 0 Å². The highest BCUT2D eigenvalue weighted by atomic mass is 127. The van der Waals surface area contributed by atoms with E-state index in [1.165, 1.54) is 12.8 Å². The molecule has 130 valence electrons. The van der Waals surface area contributed by atoms with Gasteiger partial charge < -0.3 is 20.1 Å². The first-order chi connectivity index (χ1) is 10.1. The second-order valence-electron chi connectivity index (χ2n) is 6.63. The molecule has 0 radical (unpaired) electrons. The molecule has 1 unspecified atom stereocenters. The molecule has 0 bridgehead atoms. The molecule has 1 atom stereocenters. The average Bonchev–Trinajstić information content (AvgIpc) is 3.12. The second kappa shape index (κ2) is 9.27. The van der Waals surface area contributed by atoms with Gasteiger partial charge in [0, 0.05) is 40.0 Å². The highest BCUT2D eigenvalue weighted by molar-refractivity contribution is 14.0. The number of halogens is 1. The minimum atomic E-state index is -0.0378. The monoisotopic (exact) mass is 425 g/mol. The number of hydrogen-bond donors (Lipinski definition) is 2. The summed E-state index contributed by atoms with van der Waals surface area (Å²) in [4.78, 5) is 4.32. The lowest BCUT2D eigenvalue weighted by Crippen LogP contribution is -2.46. The Bertz CT molecular complexity index is 353. The Hall–Kier alpha value is -0.0800. The molecule has 2 N–H and O–H groups in total. The van der Waals surface area contributed by atoms with Gasteiger partial charge in [0.1, 0.15) is 0 Å². The first-order valence-electron chi connectivity index (χ1n) is 8.28. The lowest BCUT2D eigenvalue weighted by Gasteiger charge is -2.25. The van der Waals surface area contributed by atoms with Crippen molar-refractivity contribution < 1.29 is 9.47 Å². The summed E-state index contributed by atoms with van der Waals surface area (Å²) in [7, 11) is 1.83. The fourth-order valence-electron chi connectivity index (χ4n) is 2.86. The molecular weight excluding hydrogens is 393 g/mol. The van der Waals surface area contributed by atoms with Gasteiger partial charge in [-0.2, -0.15) is 0 Å². The molecule has 0 aromatic rings. The zero-order valence-electron chi connectivity index (χ0n) is 14.2. The molecule has 0 aromatic heterocycles. The van der Waals surface area contributed by atoms with Gasteiger partial charge in [0.25, 0.3) is 0 Å². The van der Waals surface area contributed by atoms with Crippen LogP contribution in [0.25, 0.3) is 0 Å². The van der Waals surface area contributed by atoms with E-state index in [4.69, 9.17) is 9.47 Å². The molecule has 1 saturated heterocycles. The van der Waals surface area contributed by atoms with E-state index in [0.29, 0.717) is 5.41 Å². The van der Waals surface area contributed by atoms with Crippen molar-refractivity contribution in [3.8, 4) is 0 Å². The van der Waals surface area contributed by atoms with Gasteiger partial charge in [0.05, 0.1) is 5.60 Å². The van der Waals surface area contributed by atoms with Gasteiger partial charge in [0.15, 0.2) is 5.96 Å². The van der Waals surface area contributed by atoms with Crippen molar-refractivity contribution in [2.75, 3.05) is 40.0 Å². The molecule has 0 aromatic carbocycles. The third kappa shape index (κ3) is 6.20. The molecule has 2 aliphatic rings. The normalized spacial score (nSPS) is 26.4. The Balaban J connectivity index is 0.00000242. The maximum absolute atomic E-state index is 5.80. The number of hydrogen-bond acceptors (Lipinski definition) is 3. The van der Waals surface area contributed by atoms with Crippen molar-refractivity contribution >= 4 is 29.9 Å². The predicted molar refractivity (Wildman–Crippen MR) is 101 cm³/mol. The molecule has 1 aliphatic carbocycles. The molecule has 1 heterocycles. The van der Waals surface area contributed by atoms with Crippen molar-refractivity contribution in [3.63, 3.8) is 0 Å².